The van der Waals surface area contributed by atoms with Crippen LogP contribution in [-0.4, -0.2) is 30.5 Å². The van der Waals surface area contributed by atoms with Crippen molar-refractivity contribution in [2.75, 3.05) is 5.01 Å². The molecule has 31 heavy (non-hydrogen) atoms. The molecule has 162 valence electrons. The lowest BCUT2D eigenvalue weighted by molar-refractivity contribution is 0.502. The van der Waals surface area contributed by atoms with Crippen LogP contribution in [0, 0.1) is 5.92 Å². The van der Waals surface area contributed by atoms with Gasteiger partial charge in [0.25, 0.3) is 0 Å². The van der Waals surface area contributed by atoms with Crippen molar-refractivity contribution >= 4 is 32.3 Å². The van der Waals surface area contributed by atoms with Gasteiger partial charge in [0.15, 0.2) is 5.82 Å². The van der Waals surface area contributed by atoms with Crippen molar-refractivity contribution < 1.29 is 8.42 Å². The van der Waals surface area contributed by atoms with Gasteiger partial charge in [-0.3, -0.25) is 0 Å². The first kappa shape index (κ1) is 21.4. The number of hydrazone groups is 1. The van der Waals surface area contributed by atoms with Crippen LogP contribution >= 0.6 is 0 Å². The summed E-state index contributed by atoms with van der Waals surface area (Å²) in [5.41, 5.74) is 1.85. The number of nitrogens with one attached hydrogen (secondary N) is 1. The zero-order valence-electron chi connectivity index (χ0n) is 18.4. The van der Waals surface area contributed by atoms with Gasteiger partial charge >= 0.3 is 0 Å². The Morgan fingerprint density at radius 1 is 1.03 bits per heavy atom. The highest BCUT2D eigenvalue weighted by Gasteiger charge is 2.38. The van der Waals surface area contributed by atoms with E-state index in [9.17, 15) is 8.42 Å². The molecule has 2 aromatic carbocycles. The fraction of sp³-hybridized carbons (Fsp3) is 0.348. The Kier molecular flexibility index (Phi) is 5.31. The minimum Gasteiger partial charge on any atom is -0.227 e. The second-order valence-corrected chi connectivity index (χ2v) is 10.7. The van der Waals surface area contributed by atoms with Crippen molar-refractivity contribution in [1.82, 2.24) is 14.9 Å². The predicted molar refractivity (Wildman–Crippen MR) is 124 cm³/mol. The highest BCUT2D eigenvalue weighted by molar-refractivity contribution is 7.89. The predicted octanol–water partition coefficient (Wildman–Crippen LogP) is 4.06. The standard InChI is InChI=1S/C23H27N5O2S/c1-15-16(2)26-28(22-20-9-7-6-8-17(20)14-24-25-22)21(15)27-31(29,30)19-12-10-18(11-13-19)23(3,4)5/h6-15,21,27H,1-5H3. The van der Waals surface area contributed by atoms with E-state index in [1.807, 2.05) is 50.2 Å². The van der Waals surface area contributed by atoms with Crippen LogP contribution in [-0.2, 0) is 15.4 Å². The highest BCUT2D eigenvalue weighted by Crippen LogP contribution is 2.31. The summed E-state index contributed by atoms with van der Waals surface area (Å²) in [6, 6.07) is 14.8. The maximum atomic E-state index is 13.2. The van der Waals surface area contributed by atoms with Crippen LogP contribution in [0.15, 0.2) is 64.7 Å². The summed E-state index contributed by atoms with van der Waals surface area (Å²) < 4.78 is 29.3. The molecule has 0 fully saturated rings. The molecule has 1 aliphatic rings. The number of nitrogens with zero attached hydrogens (tertiary/aromatic N) is 4. The van der Waals surface area contributed by atoms with Gasteiger partial charge in [0.05, 0.1) is 11.1 Å². The van der Waals surface area contributed by atoms with Crippen LogP contribution in [0.25, 0.3) is 10.8 Å². The van der Waals surface area contributed by atoms with Crippen LogP contribution < -0.4 is 9.73 Å². The second kappa shape index (κ2) is 7.69. The molecular weight excluding hydrogens is 410 g/mol. The van der Waals surface area contributed by atoms with Gasteiger partial charge < -0.3 is 0 Å². The molecule has 4 rings (SSSR count). The Balaban J connectivity index is 1.69. The van der Waals surface area contributed by atoms with E-state index in [4.69, 9.17) is 0 Å². The Morgan fingerprint density at radius 3 is 2.39 bits per heavy atom. The Hall–Kier alpha value is -2.84. The summed E-state index contributed by atoms with van der Waals surface area (Å²) in [5, 5.41) is 16.4. The number of rotatable bonds is 4. The lowest BCUT2D eigenvalue weighted by atomic mass is 9.87. The van der Waals surface area contributed by atoms with E-state index < -0.39 is 16.2 Å². The molecule has 8 heteroatoms. The molecule has 3 aromatic rings. The molecule has 2 heterocycles. The van der Waals surface area contributed by atoms with Crippen LogP contribution in [0.4, 0.5) is 5.82 Å². The number of anilines is 1. The first-order chi connectivity index (χ1) is 14.6. The number of fused-ring (bicyclic) bond motifs is 1. The molecule has 0 radical (unpaired) electrons. The van der Waals surface area contributed by atoms with Gasteiger partial charge in [-0.15, -0.1) is 5.10 Å². The molecule has 0 bridgehead atoms. The van der Waals surface area contributed by atoms with E-state index in [0.717, 1.165) is 22.0 Å². The molecule has 1 aliphatic heterocycles. The van der Waals surface area contributed by atoms with E-state index in [-0.39, 0.29) is 16.2 Å². The molecule has 0 amide bonds. The quantitative estimate of drug-likeness (QED) is 0.665. The summed E-state index contributed by atoms with van der Waals surface area (Å²) in [4.78, 5) is 0.223. The minimum atomic E-state index is -3.77. The Labute approximate surface area is 183 Å². The van der Waals surface area contributed by atoms with Gasteiger partial charge in [-0.1, -0.05) is 64.1 Å². The summed E-state index contributed by atoms with van der Waals surface area (Å²) in [6.07, 6.45) is 1.08. The van der Waals surface area contributed by atoms with Crippen LogP contribution in [0.5, 0.6) is 0 Å². The average molecular weight is 438 g/mol. The van der Waals surface area contributed by atoms with E-state index in [0.29, 0.717) is 5.82 Å². The van der Waals surface area contributed by atoms with Crippen LogP contribution in [0.2, 0.25) is 0 Å². The molecule has 1 aromatic heterocycles. The molecule has 2 atom stereocenters. The number of hydrogen-bond donors (Lipinski definition) is 1. The molecular formula is C23H27N5O2S. The molecule has 7 nitrogen and oxygen atoms in total. The monoisotopic (exact) mass is 437 g/mol. The number of hydrogen-bond acceptors (Lipinski definition) is 6. The molecule has 2 unspecified atom stereocenters. The summed E-state index contributed by atoms with van der Waals surface area (Å²) in [6.45, 7) is 10.1. The second-order valence-electron chi connectivity index (χ2n) is 8.97. The first-order valence-electron chi connectivity index (χ1n) is 10.3. The fourth-order valence-corrected chi connectivity index (χ4v) is 4.89. The number of aromatic nitrogens is 2. The van der Waals surface area contributed by atoms with Crippen molar-refractivity contribution in [2.24, 2.45) is 11.0 Å². The molecule has 1 N–H and O–H groups in total. The van der Waals surface area contributed by atoms with E-state index in [2.05, 4.69) is 40.8 Å². The highest BCUT2D eigenvalue weighted by atomic mass is 32.2. The SMILES string of the molecule is CC1=NN(c2nncc3ccccc23)C(NS(=O)(=O)c2ccc(C(C)(C)C)cc2)C1C. The van der Waals surface area contributed by atoms with Crippen molar-refractivity contribution in [1.29, 1.82) is 0 Å². The first-order valence-corrected chi connectivity index (χ1v) is 11.7. The maximum absolute atomic E-state index is 13.2. The third-order valence-corrected chi connectivity index (χ3v) is 7.18. The topological polar surface area (TPSA) is 87.6 Å². The number of sulfonamides is 1. The van der Waals surface area contributed by atoms with Crippen molar-refractivity contribution in [3.63, 3.8) is 0 Å². The fourth-order valence-electron chi connectivity index (χ4n) is 3.64. The van der Waals surface area contributed by atoms with E-state index in [1.165, 1.54) is 0 Å². The smallest absolute Gasteiger partial charge is 0.227 e. The molecule has 0 saturated heterocycles. The van der Waals surface area contributed by atoms with Crippen molar-refractivity contribution in [3.8, 4) is 0 Å². The summed E-state index contributed by atoms with van der Waals surface area (Å²) >= 11 is 0. The minimum absolute atomic E-state index is 0.0511. The zero-order valence-corrected chi connectivity index (χ0v) is 19.2. The molecule has 0 aliphatic carbocycles. The van der Waals surface area contributed by atoms with E-state index in [1.54, 1.807) is 23.3 Å². The lowest BCUT2D eigenvalue weighted by Gasteiger charge is -2.27. The van der Waals surface area contributed by atoms with Gasteiger partial charge in [-0.05, 0) is 30.0 Å². The van der Waals surface area contributed by atoms with Gasteiger partial charge in [-0.2, -0.15) is 14.9 Å². The van der Waals surface area contributed by atoms with Crippen LogP contribution in [0.3, 0.4) is 0 Å². The van der Waals surface area contributed by atoms with E-state index >= 15 is 0 Å². The zero-order chi connectivity index (χ0) is 22.4. The van der Waals surface area contributed by atoms with Gasteiger partial charge in [0, 0.05) is 22.4 Å². The van der Waals surface area contributed by atoms with Crippen molar-refractivity contribution in [2.45, 2.75) is 51.1 Å². The summed E-state index contributed by atoms with van der Waals surface area (Å²) in [7, 11) is -3.77. The average Bonchev–Trinajstić information content (AvgIpc) is 3.00. The normalized spacial score (nSPS) is 19.6. The van der Waals surface area contributed by atoms with Gasteiger partial charge in [0.1, 0.15) is 6.17 Å². The largest absolute Gasteiger partial charge is 0.242 e. The van der Waals surface area contributed by atoms with Crippen LogP contribution in [0.1, 0.15) is 40.2 Å². The van der Waals surface area contributed by atoms with Gasteiger partial charge in [-0.25, -0.2) is 13.4 Å². The Morgan fingerprint density at radius 2 is 1.71 bits per heavy atom. The molecule has 0 saturated carbocycles. The summed E-state index contributed by atoms with van der Waals surface area (Å²) in [5.74, 6) is 0.391. The number of benzene rings is 2. The third kappa shape index (κ3) is 4.05. The van der Waals surface area contributed by atoms with Gasteiger partial charge in [0.2, 0.25) is 10.0 Å². The molecule has 0 spiro atoms. The maximum Gasteiger partial charge on any atom is 0.242 e. The third-order valence-electron chi connectivity index (χ3n) is 5.74. The Bertz CT molecular complexity index is 1240. The lowest BCUT2D eigenvalue weighted by Crippen LogP contribution is -2.47. The van der Waals surface area contributed by atoms with Crippen molar-refractivity contribution in [3.05, 3.63) is 60.3 Å².